The van der Waals surface area contributed by atoms with Crippen molar-refractivity contribution in [2.75, 3.05) is 5.75 Å². The molecule has 2 aromatic rings. The average molecular weight is 350 g/mol. The van der Waals surface area contributed by atoms with Crippen LogP contribution in [0.4, 0.5) is 4.39 Å². The van der Waals surface area contributed by atoms with Crippen LogP contribution in [0.25, 0.3) is 5.70 Å². The van der Waals surface area contributed by atoms with E-state index in [2.05, 4.69) is 12.1 Å². The SMILES string of the molecule is O=C1CSC2=NC3=C(CCc4ccccc43)C(c3ccccc3F)N12. The molecule has 0 saturated carbocycles. The van der Waals surface area contributed by atoms with Gasteiger partial charge in [0.05, 0.1) is 17.5 Å². The highest BCUT2D eigenvalue weighted by Crippen LogP contribution is 2.47. The Bertz CT molecular complexity index is 966. The van der Waals surface area contributed by atoms with Crippen LogP contribution < -0.4 is 0 Å². The van der Waals surface area contributed by atoms with Gasteiger partial charge in [-0.3, -0.25) is 9.69 Å². The molecule has 0 bridgehead atoms. The molecule has 0 N–H and O–H groups in total. The number of thioether (sulfide) groups is 1. The van der Waals surface area contributed by atoms with Crippen molar-refractivity contribution in [3.63, 3.8) is 0 Å². The fraction of sp³-hybridized carbons (Fsp3) is 0.200. The Kier molecular flexibility index (Phi) is 3.31. The normalized spacial score (nSPS) is 21.6. The topological polar surface area (TPSA) is 32.7 Å². The number of carbonyl (C=O) groups excluding carboxylic acids is 1. The van der Waals surface area contributed by atoms with E-state index in [0.717, 1.165) is 29.7 Å². The smallest absolute Gasteiger partial charge is 0.239 e. The zero-order valence-electron chi connectivity index (χ0n) is 13.4. The van der Waals surface area contributed by atoms with Gasteiger partial charge in [0, 0.05) is 11.1 Å². The fourth-order valence-electron chi connectivity index (χ4n) is 3.92. The van der Waals surface area contributed by atoms with Gasteiger partial charge < -0.3 is 0 Å². The third kappa shape index (κ3) is 2.19. The quantitative estimate of drug-likeness (QED) is 0.773. The molecule has 3 aliphatic rings. The first-order chi connectivity index (χ1) is 12.2. The summed E-state index contributed by atoms with van der Waals surface area (Å²) in [4.78, 5) is 19.0. The fourth-order valence-corrected chi connectivity index (χ4v) is 4.81. The molecule has 1 unspecified atom stereocenters. The maximum Gasteiger partial charge on any atom is 0.239 e. The first kappa shape index (κ1) is 14.9. The summed E-state index contributed by atoms with van der Waals surface area (Å²) < 4.78 is 14.6. The number of aliphatic imine (C=N–C) groups is 1. The molecule has 2 aromatic carbocycles. The number of fused-ring (bicyclic) bond motifs is 3. The van der Waals surface area contributed by atoms with Gasteiger partial charge in [0.2, 0.25) is 5.91 Å². The van der Waals surface area contributed by atoms with E-state index in [0.29, 0.717) is 16.5 Å². The van der Waals surface area contributed by atoms with Gasteiger partial charge in [0.15, 0.2) is 5.17 Å². The lowest BCUT2D eigenvalue weighted by Gasteiger charge is -2.37. The van der Waals surface area contributed by atoms with E-state index in [1.165, 1.54) is 23.4 Å². The zero-order chi connectivity index (χ0) is 17.0. The number of hydrogen-bond acceptors (Lipinski definition) is 3. The molecule has 1 aliphatic carbocycles. The van der Waals surface area contributed by atoms with Crippen molar-refractivity contribution in [3.8, 4) is 0 Å². The Balaban J connectivity index is 1.76. The number of nitrogens with zero attached hydrogens (tertiary/aromatic N) is 2. The Labute approximate surface area is 149 Å². The van der Waals surface area contributed by atoms with E-state index in [4.69, 9.17) is 4.99 Å². The second-order valence-electron chi connectivity index (χ2n) is 6.40. The predicted octanol–water partition coefficient (Wildman–Crippen LogP) is 4.17. The van der Waals surface area contributed by atoms with Crippen molar-refractivity contribution in [1.29, 1.82) is 0 Å². The molecule has 0 aromatic heterocycles. The number of amidine groups is 1. The van der Waals surface area contributed by atoms with E-state index >= 15 is 0 Å². The number of hydrogen-bond donors (Lipinski definition) is 0. The first-order valence-corrected chi connectivity index (χ1v) is 9.32. The number of rotatable bonds is 1. The molecule has 5 heteroatoms. The number of carbonyl (C=O) groups is 1. The Morgan fingerprint density at radius 2 is 1.88 bits per heavy atom. The lowest BCUT2D eigenvalue weighted by Crippen LogP contribution is -2.38. The van der Waals surface area contributed by atoms with Gasteiger partial charge in [-0.15, -0.1) is 0 Å². The monoisotopic (exact) mass is 350 g/mol. The number of amides is 1. The lowest BCUT2D eigenvalue weighted by atomic mass is 9.82. The van der Waals surface area contributed by atoms with Crippen LogP contribution in [0.3, 0.4) is 0 Å². The Morgan fingerprint density at radius 1 is 1.08 bits per heavy atom. The van der Waals surface area contributed by atoms with Crippen molar-refractivity contribution in [1.82, 2.24) is 4.90 Å². The van der Waals surface area contributed by atoms with E-state index in [1.807, 2.05) is 18.2 Å². The molecule has 5 rings (SSSR count). The summed E-state index contributed by atoms with van der Waals surface area (Å²) in [5.74, 6) is 0.0954. The van der Waals surface area contributed by atoms with Gasteiger partial charge in [-0.2, -0.15) is 0 Å². The molecule has 2 heterocycles. The third-order valence-corrected chi connectivity index (χ3v) is 5.97. The molecule has 124 valence electrons. The van der Waals surface area contributed by atoms with Crippen molar-refractivity contribution < 1.29 is 9.18 Å². The second kappa shape index (κ2) is 5.56. The van der Waals surface area contributed by atoms with Gasteiger partial charge in [-0.05, 0) is 30.0 Å². The van der Waals surface area contributed by atoms with Gasteiger partial charge in [-0.1, -0.05) is 54.2 Å². The molecular formula is C20H15FN2OS. The lowest BCUT2D eigenvalue weighted by molar-refractivity contribution is -0.125. The molecule has 1 saturated heterocycles. The van der Waals surface area contributed by atoms with Gasteiger partial charge in [-0.25, -0.2) is 9.38 Å². The van der Waals surface area contributed by atoms with Crippen molar-refractivity contribution >= 4 is 28.5 Å². The highest BCUT2D eigenvalue weighted by atomic mass is 32.2. The largest absolute Gasteiger partial charge is 0.279 e. The molecule has 2 aliphatic heterocycles. The van der Waals surface area contributed by atoms with Crippen LogP contribution in [0, 0.1) is 5.82 Å². The minimum absolute atomic E-state index is 0.00223. The summed E-state index contributed by atoms with van der Waals surface area (Å²) in [5.41, 5.74) is 4.89. The summed E-state index contributed by atoms with van der Waals surface area (Å²) in [5, 5.41) is 0.689. The van der Waals surface area contributed by atoms with Crippen LogP contribution in [0.5, 0.6) is 0 Å². The molecule has 0 radical (unpaired) electrons. The first-order valence-electron chi connectivity index (χ1n) is 8.33. The maximum absolute atomic E-state index is 14.6. The minimum Gasteiger partial charge on any atom is -0.279 e. The minimum atomic E-state index is -0.389. The summed E-state index contributed by atoms with van der Waals surface area (Å²) >= 11 is 1.44. The van der Waals surface area contributed by atoms with Crippen LogP contribution in [0.15, 0.2) is 59.1 Å². The molecular weight excluding hydrogens is 335 g/mol. The van der Waals surface area contributed by atoms with Crippen LogP contribution in [0.1, 0.15) is 29.2 Å². The summed E-state index contributed by atoms with van der Waals surface area (Å²) in [6.07, 6.45) is 1.68. The van der Waals surface area contributed by atoms with Gasteiger partial charge >= 0.3 is 0 Å². The Morgan fingerprint density at radius 3 is 2.76 bits per heavy atom. The van der Waals surface area contributed by atoms with Crippen LogP contribution >= 0.6 is 11.8 Å². The highest BCUT2D eigenvalue weighted by molar-refractivity contribution is 8.15. The summed E-state index contributed by atoms with van der Waals surface area (Å²) in [7, 11) is 0. The van der Waals surface area contributed by atoms with Crippen LogP contribution in [-0.4, -0.2) is 21.7 Å². The van der Waals surface area contributed by atoms with E-state index in [-0.39, 0.29) is 17.8 Å². The van der Waals surface area contributed by atoms with Crippen molar-refractivity contribution in [3.05, 3.63) is 76.6 Å². The average Bonchev–Trinajstić information content (AvgIpc) is 3.01. The van der Waals surface area contributed by atoms with E-state index in [9.17, 15) is 9.18 Å². The van der Waals surface area contributed by atoms with E-state index < -0.39 is 0 Å². The van der Waals surface area contributed by atoms with Crippen molar-refractivity contribution in [2.45, 2.75) is 18.9 Å². The summed E-state index contributed by atoms with van der Waals surface area (Å²) in [6.45, 7) is 0. The second-order valence-corrected chi connectivity index (χ2v) is 7.34. The van der Waals surface area contributed by atoms with E-state index in [1.54, 1.807) is 17.0 Å². The highest BCUT2D eigenvalue weighted by Gasteiger charge is 2.43. The molecule has 1 fully saturated rings. The third-order valence-electron chi connectivity index (χ3n) is 5.04. The van der Waals surface area contributed by atoms with Crippen LogP contribution in [-0.2, 0) is 11.2 Å². The van der Waals surface area contributed by atoms with Gasteiger partial charge in [0.1, 0.15) is 5.82 Å². The van der Waals surface area contributed by atoms with Gasteiger partial charge in [0.25, 0.3) is 0 Å². The molecule has 1 atom stereocenters. The van der Waals surface area contributed by atoms with Crippen molar-refractivity contribution in [2.24, 2.45) is 4.99 Å². The number of halogens is 1. The molecule has 25 heavy (non-hydrogen) atoms. The molecule has 1 amide bonds. The molecule has 0 spiro atoms. The predicted molar refractivity (Wildman–Crippen MR) is 97.6 cm³/mol. The maximum atomic E-state index is 14.6. The number of aryl methyl sites for hydroxylation is 1. The number of benzene rings is 2. The molecule has 3 nitrogen and oxygen atoms in total. The zero-order valence-corrected chi connectivity index (χ0v) is 14.2. The summed E-state index contributed by atoms with van der Waals surface area (Å²) in [6, 6.07) is 14.6. The Hall–Kier alpha value is -2.40. The standard InChI is InChI=1S/C20H15FN2OS/c21-16-8-4-3-7-14(16)19-15-10-9-12-5-1-2-6-13(12)18(15)22-20-23(19)17(24)11-25-20/h1-8,19H,9-11H2. The van der Waals surface area contributed by atoms with Crippen LogP contribution in [0.2, 0.25) is 0 Å².